The molecule has 2 atom stereocenters. The van der Waals surface area contributed by atoms with E-state index in [-0.39, 0.29) is 25.6 Å². The molecule has 10 heteroatoms. The van der Waals surface area contributed by atoms with E-state index in [2.05, 4.69) is 50.3 Å². The lowest BCUT2D eigenvalue weighted by molar-refractivity contribution is -0.870. The minimum Gasteiger partial charge on any atom is -0.462 e. The molecular formula is C66H127NO8P+. The van der Waals surface area contributed by atoms with Crippen LogP contribution in [0.3, 0.4) is 0 Å². The highest BCUT2D eigenvalue weighted by atomic mass is 31.2. The van der Waals surface area contributed by atoms with Crippen LogP contribution in [-0.4, -0.2) is 74.9 Å². The molecule has 0 aromatic carbocycles. The van der Waals surface area contributed by atoms with E-state index in [1.54, 1.807) is 0 Å². The zero-order valence-corrected chi connectivity index (χ0v) is 51.9. The topological polar surface area (TPSA) is 108 Å². The summed E-state index contributed by atoms with van der Waals surface area (Å²) >= 11 is 0. The number of quaternary nitrogens is 1. The van der Waals surface area contributed by atoms with Gasteiger partial charge in [0.2, 0.25) is 0 Å². The number of unbranched alkanes of at least 4 members (excludes halogenated alkanes) is 41. The normalized spacial score (nSPS) is 13.4. The van der Waals surface area contributed by atoms with Crippen LogP contribution in [0.15, 0.2) is 36.5 Å². The SMILES string of the molecule is CCCCCCC/C=C\C/C=C\C/C=C\CCCCCCCCCCCCCCC(=O)OC(COC(=O)CCCCCCCCCCCCCCCCCCCCCCCCCCC)COP(=O)(O)OCC[N+](C)(C)C. The highest BCUT2D eigenvalue weighted by molar-refractivity contribution is 7.47. The lowest BCUT2D eigenvalue weighted by Crippen LogP contribution is -2.37. The third-order valence-electron chi connectivity index (χ3n) is 14.7. The first-order valence-corrected chi connectivity index (χ1v) is 34.2. The van der Waals surface area contributed by atoms with Crippen molar-refractivity contribution >= 4 is 19.8 Å². The van der Waals surface area contributed by atoms with Gasteiger partial charge in [-0.2, -0.15) is 0 Å². The van der Waals surface area contributed by atoms with E-state index in [1.807, 2.05) is 21.1 Å². The monoisotopic (exact) mass is 1090 g/mol. The molecule has 76 heavy (non-hydrogen) atoms. The van der Waals surface area contributed by atoms with Gasteiger partial charge in [-0.1, -0.05) is 294 Å². The molecule has 0 fully saturated rings. The Morgan fingerprint density at radius 1 is 0.408 bits per heavy atom. The molecule has 0 radical (unpaired) electrons. The Hall–Kier alpha value is -1.77. The van der Waals surface area contributed by atoms with Crippen LogP contribution in [0.1, 0.15) is 322 Å². The molecule has 0 aliphatic rings. The van der Waals surface area contributed by atoms with Gasteiger partial charge < -0.3 is 18.9 Å². The number of hydrogen-bond donors (Lipinski definition) is 1. The number of phosphoric acid groups is 1. The first-order valence-electron chi connectivity index (χ1n) is 32.7. The van der Waals surface area contributed by atoms with E-state index in [0.717, 1.165) is 44.9 Å². The Kier molecular flexibility index (Phi) is 56.6. The van der Waals surface area contributed by atoms with Crippen LogP contribution in [-0.2, 0) is 32.7 Å². The number of ether oxygens (including phenoxy) is 2. The summed E-state index contributed by atoms with van der Waals surface area (Å²) in [6.07, 6.45) is 72.3. The second-order valence-corrected chi connectivity index (χ2v) is 25.0. The van der Waals surface area contributed by atoms with Crippen LogP contribution < -0.4 is 0 Å². The van der Waals surface area contributed by atoms with Gasteiger partial charge in [0.05, 0.1) is 27.7 Å². The highest BCUT2D eigenvalue weighted by Crippen LogP contribution is 2.43. The van der Waals surface area contributed by atoms with Gasteiger partial charge in [-0.25, -0.2) is 4.57 Å². The maximum absolute atomic E-state index is 12.9. The second kappa shape index (κ2) is 57.9. The van der Waals surface area contributed by atoms with Gasteiger partial charge in [-0.05, 0) is 51.4 Å². The van der Waals surface area contributed by atoms with Crippen LogP contribution in [0.2, 0.25) is 0 Å². The van der Waals surface area contributed by atoms with Crippen LogP contribution in [0, 0.1) is 0 Å². The third kappa shape index (κ3) is 61.4. The van der Waals surface area contributed by atoms with E-state index in [4.69, 9.17) is 18.5 Å². The van der Waals surface area contributed by atoms with Crippen molar-refractivity contribution in [2.75, 3.05) is 47.5 Å². The number of phosphoric ester groups is 1. The summed E-state index contributed by atoms with van der Waals surface area (Å²) in [5, 5.41) is 0. The molecule has 0 aliphatic carbocycles. The predicted octanol–water partition coefficient (Wildman–Crippen LogP) is 20.7. The van der Waals surface area contributed by atoms with Gasteiger partial charge in [0.15, 0.2) is 6.10 Å². The van der Waals surface area contributed by atoms with Gasteiger partial charge >= 0.3 is 19.8 Å². The molecule has 9 nitrogen and oxygen atoms in total. The molecular weight excluding hydrogens is 966 g/mol. The Morgan fingerprint density at radius 3 is 1.05 bits per heavy atom. The molecule has 0 aromatic heterocycles. The minimum atomic E-state index is -4.39. The molecule has 0 spiro atoms. The molecule has 0 amide bonds. The third-order valence-corrected chi connectivity index (χ3v) is 15.7. The standard InChI is InChI=1S/C66H126NO8P/c1-6-8-10-12-14-16-18-20-22-24-26-28-30-32-33-35-37-39-41-43-45-47-49-51-53-55-57-59-66(69)75-64(63-74-76(70,71)73-61-60-67(3,4)5)62-72-65(68)58-56-54-52-50-48-46-44-42-40-38-36-34-31-29-27-25-23-21-19-17-15-13-11-9-7-2/h18,20,24,26,30,32,64H,6-17,19,21-23,25,27-29,31,33-63H2,1-5H3/p+1/b20-18-,26-24-,32-30-. The maximum Gasteiger partial charge on any atom is 0.472 e. The highest BCUT2D eigenvalue weighted by Gasteiger charge is 2.27. The molecule has 0 bridgehead atoms. The average Bonchev–Trinajstić information content (AvgIpc) is 3.38. The van der Waals surface area contributed by atoms with Crippen molar-refractivity contribution in [1.29, 1.82) is 0 Å². The average molecular weight is 1090 g/mol. The molecule has 0 rings (SSSR count). The Balaban J connectivity index is 4.07. The van der Waals surface area contributed by atoms with Crippen molar-refractivity contribution in [3.63, 3.8) is 0 Å². The van der Waals surface area contributed by atoms with Crippen molar-refractivity contribution in [2.24, 2.45) is 0 Å². The molecule has 1 N–H and O–H groups in total. The number of carbonyl (C=O) groups excluding carboxylic acids is 2. The Labute approximate surface area is 471 Å². The summed E-state index contributed by atoms with van der Waals surface area (Å²) in [4.78, 5) is 35.8. The zero-order valence-electron chi connectivity index (χ0n) is 51.0. The summed E-state index contributed by atoms with van der Waals surface area (Å²) in [7, 11) is 1.49. The molecule has 0 aromatic rings. The van der Waals surface area contributed by atoms with Crippen molar-refractivity contribution in [1.82, 2.24) is 0 Å². The van der Waals surface area contributed by atoms with Gasteiger partial charge in [0.1, 0.15) is 19.8 Å². The van der Waals surface area contributed by atoms with Gasteiger partial charge in [-0.3, -0.25) is 18.6 Å². The largest absolute Gasteiger partial charge is 0.472 e. The van der Waals surface area contributed by atoms with Crippen molar-refractivity contribution in [2.45, 2.75) is 328 Å². The molecule has 448 valence electrons. The molecule has 0 aliphatic heterocycles. The van der Waals surface area contributed by atoms with Crippen molar-refractivity contribution in [3.8, 4) is 0 Å². The predicted molar refractivity (Wildman–Crippen MR) is 326 cm³/mol. The Morgan fingerprint density at radius 2 is 0.711 bits per heavy atom. The summed E-state index contributed by atoms with van der Waals surface area (Å²) < 4.78 is 34.7. The quantitative estimate of drug-likeness (QED) is 0.0211. The fourth-order valence-corrected chi connectivity index (χ4v) is 10.4. The van der Waals surface area contributed by atoms with Gasteiger partial charge in [-0.15, -0.1) is 0 Å². The van der Waals surface area contributed by atoms with Crippen LogP contribution in [0.25, 0.3) is 0 Å². The summed E-state index contributed by atoms with van der Waals surface area (Å²) in [6, 6.07) is 0. The number of hydrogen-bond acceptors (Lipinski definition) is 7. The zero-order chi connectivity index (χ0) is 55.6. The van der Waals surface area contributed by atoms with Gasteiger partial charge in [0.25, 0.3) is 0 Å². The molecule has 0 saturated carbocycles. The van der Waals surface area contributed by atoms with Crippen LogP contribution in [0.5, 0.6) is 0 Å². The fourth-order valence-electron chi connectivity index (χ4n) is 9.61. The van der Waals surface area contributed by atoms with E-state index < -0.39 is 26.5 Å². The summed E-state index contributed by atoms with van der Waals surface area (Å²) in [5.74, 6) is -0.782. The smallest absolute Gasteiger partial charge is 0.462 e. The number of rotatable bonds is 61. The molecule has 2 unspecified atom stereocenters. The van der Waals surface area contributed by atoms with Crippen LogP contribution in [0.4, 0.5) is 0 Å². The second-order valence-electron chi connectivity index (χ2n) is 23.5. The number of likely N-dealkylation sites (N-methyl/N-ethyl adjacent to an activating group) is 1. The molecule has 0 saturated heterocycles. The lowest BCUT2D eigenvalue weighted by atomic mass is 10.0. The number of carbonyl (C=O) groups is 2. The van der Waals surface area contributed by atoms with Crippen molar-refractivity contribution in [3.05, 3.63) is 36.5 Å². The minimum absolute atomic E-state index is 0.0333. The fraction of sp³-hybridized carbons (Fsp3) is 0.879. The van der Waals surface area contributed by atoms with E-state index in [0.29, 0.717) is 23.9 Å². The summed E-state index contributed by atoms with van der Waals surface area (Å²) in [6.45, 7) is 4.48. The molecule has 0 heterocycles. The van der Waals surface area contributed by atoms with E-state index >= 15 is 0 Å². The lowest BCUT2D eigenvalue weighted by Gasteiger charge is -2.24. The van der Waals surface area contributed by atoms with Gasteiger partial charge in [0, 0.05) is 12.8 Å². The number of nitrogens with zero attached hydrogens (tertiary/aromatic N) is 1. The Bertz CT molecular complexity index is 1380. The van der Waals surface area contributed by atoms with Crippen LogP contribution >= 0.6 is 7.82 Å². The first kappa shape index (κ1) is 74.2. The van der Waals surface area contributed by atoms with E-state index in [9.17, 15) is 19.0 Å². The van der Waals surface area contributed by atoms with E-state index in [1.165, 1.54) is 244 Å². The first-order chi connectivity index (χ1) is 37.0. The van der Waals surface area contributed by atoms with Crippen molar-refractivity contribution < 1.29 is 42.1 Å². The summed E-state index contributed by atoms with van der Waals surface area (Å²) in [5.41, 5.74) is 0. The maximum atomic E-state index is 12.9. The number of allylic oxidation sites excluding steroid dienone is 6. The number of esters is 2.